The number of nitrogens with zero attached hydrogens (tertiary/aromatic N) is 2. The normalized spacial score (nSPS) is 10.9. The van der Waals surface area contributed by atoms with Crippen LogP contribution in [0, 0.1) is 11.3 Å². The zero-order chi connectivity index (χ0) is 19.3. The highest BCUT2D eigenvalue weighted by Gasteiger charge is 2.28. The molecule has 0 amide bonds. The third kappa shape index (κ3) is 4.86. The van der Waals surface area contributed by atoms with Crippen LogP contribution in [0.4, 0.5) is 13.2 Å². The molecule has 26 heavy (non-hydrogen) atoms. The largest absolute Gasteiger partial charge is 0.484 e. The Bertz CT molecular complexity index is 896. The van der Waals surface area contributed by atoms with Crippen LogP contribution < -0.4 is 10.3 Å². The lowest BCUT2D eigenvalue weighted by molar-refractivity contribution is -0.153. The van der Waals surface area contributed by atoms with Crippen LogP contribution in [0.5, 0.6) is 5.75 Å². The zero-order valence-electron chi connectivity index (χ0n) is 13.5. The van der Waals surface area contributed by atoms with E-state index in [0.717, 1.165) is 10.6 Å². The molecule has 1 aromatic carbocycles. The van der Waals surface area contributed by atoms with E-state index in [-0.39, 0.29) is 23.4 Å². The van der Waals surface area contributed by atoms with E-state index in [1.54, 1.807) is 6.07 Å². The number of carbonyl (C=O) groups is 1. The SMILES string of the molecule is COC(=O)c1cc(C#N)c(=O)n(Cc2ccc(OCC(F)(F)F)cc2)c1. The molecule has 0 bridgehead atoms. The van der Waals surface area contributed by atoms with E-state index in [1.165, 1.54) is 37.6 Å². The molecule has 0 aliphatic carbocycles. The maximum atomic E-state index is 12.2. The van der Waals surface area contributed by atoms with Crippen LogP contribution in [0.2, 0.25) is 0 Å². The van der Waals surface area contributed by atoms with Crippen LogP contribution in [0.1, 0.15) is 21.5 Å². The number of rotatable bonds is 5. The molecule has 0 N–H and O–H groups in total. The fourth-order valence-corrected chi connectivity index (χ4v) is 2.12. The number of methoxy groups -OCH3 is 1. The van der Waals surface area contributed by atoms with Crippen molar-refractivity contribution in [2.24, 2.45) is 0 Å². The van der Waals surface area contributed by atoms with Crippen molar-refractivity contribution in [1.82, 2.24) is 4.57 Å². The highest BCUT2D eigenvalue weighted by Crippen LogP contribution is 2.19. The second-order valence-electron chi connectivity index (χ2n) is 5.23. The van der Waals surface area contributed by atoms with Gasteiger partial charge in [0.05, 0.1) is 19.2 Å². The van der Waals surface area contributed by atoms with Crippen LogP contribution in [0.25, 0.3) is 0 Å². The van der Waals surface area contributed by atoms with Gasteiger partial charge in [-0.05, 0) is 23.8 Å². The van der Waals surface area contributed by atoms with Gasteiger partial charge in [-0.15, -0.1) is 0 Å². The molecule has 1 aromatic heterocycles. The van der Waals surface area contributed by atoms with Gasteiger partial charge in [0.15, 0.2) is 6.61 Å². The first-order chi connectivity index (χ1) is 12.2. The van der Waals surface area contributed by atoms with E-state index in [9.17, 15) is 22.8 Å². The van der Waals surface area contributed by atoms with Crippen molar-refractivity contribution in [2.75, 3.05) is 13.7 Å². The highest BCUT2D eigenvalue weighted by molar-refractivity contribution is 5.89. The van der Waals surface area contributed by atoms with Crippen LogP contribution in [0.3, 0.4) is 0 Å². The summed E-state index contributed by atoms with van der Waals surface area (Å²) >= 11 is 0. The van der Waals surface area contributed by atoms with Crippen LogP contribution in [-0.2, 0) is 11.3 Å². The number of pyridine rings is 1. The third-order valence-electron chi connectivity index (χ3n) is 3.31. The van der Waals surface area contributed by atoms with Crippen molar-refractivity contribution in [1.29, 1.82) is 5.26 Å². The summed E-state index contributed by atoms with van der Waals surface area (Å²) in [4.78, 5) is 23.8. The molecule has 0 aliphatic rings. The fraction of sp³-hybridized carbons (Fsp3) is 0.235. The van der Waals surface area contributed by atoms with Crippen molar-refractivity contribution in [2.45, 2.75) is 12.7 Å². The molecule has 6 nitrogen and oxygen atoms in total. The Morgan fingerprint density at radius 1 is 1.27 bits per heavy atom. The Labute approximate surface area is 146 Å². The number of esters is 1. The molecular weight excluding hydrogens is 353 g/mol. The minimum atomic E-state index is -4.44. The molecule has 1 heterocycles. The average molecular weight is 366 g/mol. The summed E-state index contributed by atoms with van der Waals surface area (Å²) < 4.78 is 46.7. The Hall–Kier alpha value is -3.28. The number of carbonyl (C=O) groups excluding carboxylic acids is 1. The fourth-order valence-electron chi connectivity index (χ4n) is 2.12. The van der Waals surface area contributed by atoms with Gasteiger partial charge in [-0.2, -0.15) is 18.4 Å². The standard InChI is InChI=1S/C17H13F3N2O4/c1-25-16(24)13-6-12(7-21)15(23)22(9-13)8-11-2-4-14(5-3-11)26-10-17(18,19)20/h2-6,9H,8,10H2,1H3. The summed E-state index contributed by atoms with van der Waals surface area (Å²) in [5.74, 6) is -0.675. The van der Waals surface area contributed by atoms with Crippen LogP contribution >= 0.6 is 0 Å². The van der Waals surface area contributed by atoms with Crippen LogP contribution in [0.15, 0.2) is 41.3 Å². The molecule has 0 radical (unpaired) electrons. The zero-order valence-corrected chi connectivity index (χ0v) is 13.5. The number of aromatic nitrogens is 1. The molecule has 136 valence electrons. The van der Waals surface area contributed by atoms with E-state index >= 15 is 0 Å². The van der Waals surface area contributed by atoms with Crippen molar-refractivity contribution in [3.63, 3.8) is 0 Å². The minimum absolute atomic E-state index is 0.0118. The maximum absolute atomic E-state index is 12.2. The van der Waals surface area contributed by atoms with Gasteiger partial charge < -0.3 is 14.0 Å². The van der Waals surface area contributed by atoms with Gasteiger partial charge in [-0.3, -0.25) is 4.79 Å². The monoisotopic (exact) mass is 366 g/mol. The molecule has 0 aliphatic heterocycles. The molecule has 0 atom stereocenters. The Morgan fingerprint density at radius 2 is 1.92 bits per heavy atom. The molecule has 0 saturated carbocycles. The second-order valence-corrected chi connectivity index (χ2v) is 5.23. The average Bonchev–Trinajstić information content (AvgIpc) is 2.61. The first-order valence-corrected chi connectivity index (χ1v) is 7.25. The van der Waals surface area contributed by atoms with Crippen molar-refractivity contribution in [3.8, 4) is 11.8 Å². The molecule has 2 aromatic rings. The van der Waals surface area contributed by atoms with Crippen molar-refractivity contribution in [3.05, 3.63) is 63.6 Å². The maximum Gasteiger partial charge on any atom is 0.422 e. The Morgan fingerprint density at radius 3 is 2.46 bits per heavy atom. The lowest BCUT2D eigenvalue weighted by atomic mass is 10.1. The molecule has 0 spiro atoms. The number of hydrogen-bond donors (Lipinski definition) is 0. The van der Waals surface area contributed by atoms with Gasteiger partial charge in [-0.25, -0.2) is 4.79 Å². The third-order valence-corrected chi connectivity index (χ3v) is 3.31. The van der Waals surface area contributed by atoms with Gasteiger partial charge in [0.1, 0.15) is 17.4 Å². The molecule has 0 fully saturated rings. The van der Waals surface area contributed by atoms with Gasteiger partial charge in [-0.1, -0.05) is 12.1 Å². The van der Waals surface area contributed by atoms with Crippen molar-refractivity contribution < 1.29 is 27.4 Å². The highest BCUT2D eigenvalue weighted by atomic mass is 19.4. The van der Waals surface area contributed by atoms with E-state index in [1.807, 2.05) is 0 Å². The van der Waals surface area contributed by atoms with Gasteiger partial charge in [0.25, 0.3) is 5.56 Å². The predicted molar refractivity (Wildman–Crippen MR) is 83.9 cm³/mol. The van der Waals surface area contributed by atoms with Gasteiger partial charge in [0, 0.05) is 6.20 Å². The summed E-state index contributed by atoms with van der Waals surface area (Å²) in [5, 5.41) is 9.03. The summed E-state index contributed by atoms with van der Waals surface area (Å²) in [5.41, 5.74) is -0.221. The lowest BCUT2D eigenvalue weighted by Crippen LogP contribution is -2.24. The van der Waals surface area contributed by atoms with E-state index in [4.69, 9.17) is 5.26 Å². The lowest BCUT2D eigenvalue weighted by Gasteiger charge is -2.11. The second kappa shape index (κ2) is 7.74. The van der Waals surface area contributed by atoms with Crippen molar-refractivity contribution >= 4 is 5.97 Å². The molecular formula is C17H13F3N2O4. The number of ether oxygens (including phenoxy) is 2. The summed E-state index contributed by atoms with van der Waals surface area (Å²) in [6.45, 7) is -1.39. The van der Waals surface area contributed by atoms with Gasteiger partial charge in [0.2, 0.25) is 0 Å². The summed E-state index contributed by atoms with van der Waals surface area (Å²) in [7, 11) is 1.17. The first-order valence-electron chi connectivity index (χ1n) is 7.25. The van der Waals surface area contributed by atoms with E-state index < -0.39 is 24.3 Å². The first kappa shape index (κ1) is 19.1. The number of nitriles is 1. The number of halogens is 3. The number of benzene rings is 1. The summed E-state index contributed by atoms with van der Waals surface area (Å²) in [6, 6.07) is 8.48. The quantitative estimate of drug-likeness (QED) is 0.760. The predicted octanol–water partition coefficient (Wildman–Crippen LogP) is 2.50. The molecule has 0 saturated heterocycles. The van der Waals surface area contributed by atoms with E-state index in [2.05, 4.69) is 9.47 Å². The summed E-state index contributed by atoms with van der Waals surface area (Å²) in [6.07, 6.45) is -3.18. The number of hydrogen-bond acceptors (Lipinski definition) is 5. The minimum Gasteiger partial charge on any atom is -0.484 e. The molecule has 9 heteroatoms. The van der Waals surface area contributed by atoms with Gasteiger partial charge >= 0.3 is 12.1 Å². The molecule has 2 rings (SSSR count). The topological polar surface area (TPSA) is 81.3 Å². The Balaban J connectivity index is 2.24. The van der Waals surface area contributed by atoms with Crippen LogP contribution in [-0.4, -0.2) is 30.4 Å². The van der Waals surface area contributed by atoms with E-state index in [0.29, 0.717) is 5.56 Å². The number of alkyl halides is 3. The Kier molecular flexibility index (Phi) is 5.67. The smallest absolute Gasteiger partial charge is 0.422 e. The molecule has 0 unspecified atom stereocenters.